The van der Waals surface area contributed by atoms with E-state index in [-0.39, 0.29) is 6.03 Å². The first-order valence-corrected chi connectivity index (χ1v) is 7.14. The molecule has 0 bridgehead atoms. The van der Waals surface area contributed by atoms with Crippen molar-refractivity contribution < 1.29 is 4.79 Å². The number of aryl methyl sites for hydroxylation is 1. The van der Waals surface area contributed by atoms with E-state index in [1.807, 2.05) is 25.2 Å². The number of carbonyl (C=O) groups is 1. The third kappa shape index (κ3) is 3.89. The summed E-state index contributed by atoms with van der Waals surface area (Å²) in [6, 6.07) is 7.97. The van der Waals surface area contributed by atoms with Crippen LogP contribution in [0.25, 0.3) is 11.3 Å². The molecule has 19 heavy (non-hydrogen) atoms. The van der Waals surface area contributed by atoms with Gasteiger partial charge in [0.2, 0.25) is 0 Å². The van der Waals surface area contributed by atoms with E-state index in [0.717, 1.165) is 18.3 Å². The van der Waals surface area contributed by atoms with Crippen LogP contribution in [0.3, 0.4) is 0 Å². The fourth-order valence-corrected chi connectivity index (χ4v) is 2.28. The third-order valence-corrected chi connectivity index (χ3v) is 3.37. The highest BCUT2D eigenvalue weighted by Gasteiger charge is 2.07. The molecule has 0 saturated carbocycles. The van der Waals surface area contributed by atoms with E-state index in [1.54, 1.807) is 0 Å². The Balaban J connectivity index is 2.02. The highest BCUT2D eigenvalue weighted by molar-refractivity contribution is 7.23. The van der Waals surface area contributed by atoms with Gasteiger partial charge in [0.15, 0.2) is 12.4 Å². The average Bonchev–Trinajstić information content (AvgIpc) is 2.85. The Morgan fingerprint density at radius 2 is 2.11 bits per heavy atom. The van der Waals surface area contributed by atoms with Gasteiger partial charge in [-0.2, -0.15) is 0 Å². The zero-order valence-electron chi connectivity index (χ0n) is 11.1. The molecule has 1 aromatic carbocycles. The predicted molar refractivity (Wildman–Crippen MR) is 87.3 cm³/mol. The number of aromatic nitrogens is 1. The average molecular weight is 269 g/mol. The van der Waals surface area contributed by atoms with Crippen molar-refractivity contribution in [2.45, 2.75) is 6.92 Å². The molecule has 0 fully saturated rings. The Morgan fingerprint density at radius 1 is 1.37 bits per heavy atom. The van der Waals surface area contributed by atoms with Gasteiger partial charge in [0.25, 0.3) is 0 Å². The van der Waals surface area contributed by atoms with Crippen molar-refractivity contribution in [2.75, 3.05) is 5.32 Å². The Kier molecular flexibility index (Phi) is 4.68. The second kappa shape index (κ2) is 6.47. The van der Waals surface area contributed by atoms with E-state index in [4.69, 9.17) is 0 Å². The molecule has 2 rings (SSSR count). The molecule has 2 amide bonds. The van der Waals surface area contributed by atoms with Gasteiger partial charge >= 0.3 is 6.03 Å². The number of anilines is 1. The maximum Gasteiger partial charge on any atom is 0.308 e. The summed E-state index contributed by atoms with van der Waals surface area (Å²) in [7, 11) is 3.60. The van der Waals surface area contributed by atoms with Gasteiger partial charge in [-0.15, -0.1) is 11.3 Å². The lowest BCUT2D eigenvalue weighted by Gasteiger charge is -2.02. The molecule has 1 heterocycles. The van der Waals surface area contributed by atoms with Gasteiger partial charge in [0.1, 0.15) is 0 Å². The molecule has 4 nitrogen and oxygen atoms in total. The molecule has 0 saturated heterocycles. The summed E-state index contributed by atoms with van der Waals surface area (Å²) >= 11 is 1.43. The van der Waals surface area contributed by atoms with E-state index in [0.29, 0.717) is 12.4 Å². The summed E-state index contributed by atoms with van der Waals surface area (Å²) < 4.78 is 0. The summed E-state index contributed by atoms with van der Waals surface area (Å²) in [5.74, 6) is 0. The lowest BCUT2D eigenvalue weighted by molar-refractivity contribution is 0.256. The Labute approximate surface area is 118 Å². The van der Waals surface area contributed by atoms with Gasteiger partial charge in [-0.05, 0) is 6.92 Å². The molecule has 1 aromatic heterocycles. The van der Waals surface area contributed by atoms with E-state index in [9.17, 15) is 4.79 Å². The number of benzene rings is 1. The van der Waals surface area contributed by atoms with Crippen molar-refractivity contribution in [3.05, 3.63) is 35.2 Å². The molecule has 94 valence electrons. The number of nitrogens with one attached hydrogen (secondary N) is 2. The van der Waals surface area contributed by atoms with Gasteiger partial charge in [0, 0.05) is 10.9 Å². The molecule has 0 aliphatic heterocycles. The lowest BCUT2D eigenvalue weighted by atomic mass is 9.33. The van der Waals surface area contributed by atoms with Crippen molar-refractivity contribution in [3.63, 3.8) is 0 Å². The first kappa shape index (κ1) is 13.7. The zero-order chi connectivity index (χ0) is 13.7. The quantitative estimate of drug-likeness (QED) is 0.793. The molecule has 0 atom stereocenters. The van der Waals surface area contributed by atoms with Crippen LogP contribution in [0.1, 0.15) is 5.56 Å². The van der Waals surface area contributed by atoms with Crippen LogP contribution < -0.4 is 10.5 Å². The molecule has 8 heteroatoms. The molecule has 0 unspecified atom stereocenters. The molecular weight excluding hydrogens is 255 g/mol. The Bertz CT molecular complexity index is 559. The van der Waals surface area contributed by atoms with E-state index in [1.165, 1.54) is 16.9 Å². The normalized spacial score (nSPS) is 9.74. The number of hydrogen-bond acceptors (Lipinski definition) is 3. The van der Waals surface area contributed by atoms with Crippen LogP contribution in [0.5, 0.6) is 0 Å². The van der Waals surface area contributed by atoms with E-state index in [2.05, 4.69) is 34.6 Å². The minimum atomic E-state index is -0.202. The Morgan fingerprint density at radius 3 is 2.79 bits per heavy atom. The number of urea groups is 1. The highest BCUT2D eigenvalue weighted by atomic mass is 32.1. The topological polar surface area (TPSA) is 54.0 Å². The monoisotopic (exact) mass is 269 g/mol. The zero-order valence-corrected chi connectivity index (χ0v) is 11.9. The minimum absolute atomic E-state index is 0.202. The number of thiazole rings is 1. The predicted octanol–water partition coefficient (Wildman–Crippen LogP) is 0.491. The second-order valence-corrected chi connectivity index (χ2v) is 5.14. The van der Waals surface area contributed by atoms with Crippen LogP contribution in [-0.2, 0) is 0 Å². The molecule has 0 aliphatic carbocycles. The number of nitrogens with zero attached hydrogens (tertiary/aromatic N) is 1. The SMILES string of the molecule is BBBNC(=O)Nc1nc(-c2ccc(C)cc2)cs1. The van der Waals surface area contributed by atoms with Gasteiger partial charge in [-0.3, -0.25) is 5.32 Å². The van der Waals surface area contributed by atoms with Crippen molar-refractivity contribution in [1.29, 1.82) is 0 Å². The van der Waals surface area contributed by atoms with Crippen LogP contribution in [0.15, 0.2) is 29.6 Å². The third-order valence-electron chi connectivity index (χ3n) is 2.61. The highest BCUT2D eigenvalue weighted by Crippen LogP contribution is 2.24. The van der Waals surface area contributed by atoms with Gasteiger partial charge < -0.3 is 5.23 Å². The fraction of sp³-hybridized carbons (Fsp3) is 0.0909. The smallest absolute Gasteiger partial charge is 0.308 e. The van der Waals surface area contributed by atoms with Crippen LogP contribution >= 0.6 is 11.3 Å². The number of amides is 2. The first-order chi connectivity index (χ1) is 9.19. The Hall–Kier alpha value is -1.69. The molecule has 2 N–H and O–H groups in total. The van der Waals surface area contributed by atoms with Gasteiger partial charge in [-0.1, -0.05) is 29.8 Å². The van der Waals surface area contributed by atoms with Crippen LogP contribution in [0, 0.1) is 6.92 Å². The lowest BCUT2D eigenvalue weighted by Crippen LogP contribution is -2.35. The maximum absolute atomic E-state index is 11.5. The standard InChI is InChI=1S/C11H14B3N3OS/c1-7-2-4-8(5-3-7)9-6-19-11(15-9)16-10(18)17-14-13-12/h2-6,13-14H,12H2,1H3,(H2,15,16,17,18). The summed E-state index contributed by atoms with van der Waals surface area (Å²) in [5, 5.41) is 8.05. The summed E-state index contributed by atoms with van der Waals surface area (Å²) in [5.41, 5.74) is 3.16. The first-order valence-electron chi connectivity index (χ1n) is 6.26. The number of hydrogen-bond donors (Lipinski definition) is 2. The largest absolute Gasteiger partial charge is 0.393 e. The summed E-state index contributed by atoms with van der Waals surface area (Å²) in [4.78, 5) is 15.9. The number of rotatable bonds is 4. The molecule has 0 aliphatic rings. The van der Waals surface area contributed by atoms with Crippen molar-refractivity contribution >= 4 is 44.6 Å². The van der Waals surface area contributed by atoms with Gasteiger partial charge in [-0.25, -0.2) is 9.78 Å². The molecule has 2 aromatic rings. The fourth-order valence-electron chi connectivity index (χ4n) is 1.57. The summed E-state index contributed by atoms with van der Waals surface area (Å²) in [6.45, 7) is 2.05. The second-order valence-electron chi connectivity index (χ2n) is 4.28. The van der Waals surface area contributed by atoms with Crippen LogP contribution in [0.4, 0.5) is 9.93 Å². The van der Waals surface area contributed by atoms with E-state index >= 15 is 0 Å². The van der Waals surface area contributed by atoms with Crippen molar-refractivity contribution in [3.8, 4) is 11.3 Å². The minimum Gasteiger partial charge on any atom is -0.393 e. The molecule has 0 radical (unpaired) electrons. The van der Waals surface area contributed by atoms with E-state index < -0.39 is 0 Å². The van der Waals surface area contributed by atoms with Crippen molar-refractivity contribution in [2.24, 2.45) is 0 Å². The maximum atomic E-state index is 11.5. The van der Waals surface area contributed by atoms with Crippen LogP contribution in [0.2, 0.25) is 0 Å². The number of carbonyl (C=O) groups excluding carboxylic acids is 1. The van der Waals surface area contributed by atoms with Gasteiger partial charge in [0.05, 0.1) is 20.5 Å². The molecular formula is C11H14B3N3OS. The summed E-state index contributed by atoms with van der Waals surface area (Å²) in [6.07, 6.45) is 0. The van der Waals surface area contributed by atoms with Crippen molar-refractivity contribution in [1.82, 2.24) is 10.2 Å². The van der Waals surface area contributed by atoms with Crippen LogP contribution in [-0.4, -0.2) is 33.1 Å². The molecule has 0 spiro atoms.